The monoisotopic (exact) mass is 356 g/mol. The third-order valence-electron chi connectivity index (χ3n) is 4.94. The van der Waals surface area contributed by atoms with Crippen LogP contribution in [0.2, 0.25) is 0 Å². The van der Waals surface area contributed by atoms with Crippen LogP contribution in [0.4, 0.5) is 5.95 Å². The van der Waals surface area contributed by atoms with E-state index in [1.807, 2.05) is 23.9 Å². The van der Waals surface area contributed by atoms with Gasteiger partial charge in [-0.1, -0.05) is 6.92 Å². The molecule has 0 N–H and O–H groups in total. The number of anilines is 1. The molecule has 3 aromatic rings. The lowest BCUT2D eigenvalue weighted by atomic mass is 9.96. The number of nitrogens with zero attached hydrogens (tertiary/aromatic N) is 8. The molecule has 0 aliphatic carbocycles. The van der Waals surface area contributed by atoms with Crippen LogP contribution in [0.25, 0.3) is 0 Å². The van der Waals surface area contributed by atoms with Gasteiger partial charge in [0.05, 0.1) is 0 Å². The maximum Gasteiger partial charge on any atom is 0.266 e. The highest BCUT2D eigenvalue weighted by atomic mass is 16.5. The molecule has 1 fully saturated rings. The van der Waals surface area contributed by atoms with Crippen molar-refractivity contribution >= 4 is 5.95 Å². The molecule has 1 aliphatic rings. The van der Waals surface area contributed by atoms with Crippen LogP contribution in [0.1, 0.15) is 50.1 Å². The van der Waals surface area contributed by atoms with E-state index in [0.717, 1.165) is 50.5 Å². The molecule has 1 saturated heterocycles. The van der Waals surface area contributed by atoms with E-state index >= 15 is 0 Å². The molecule has 26 heavy (non-hydrogen) atoms. The minimum atomic E-state index is 0.405. The minimum absolute atomic E-state index is 0.405. The summed E-state index contributed by atoms with van der Waals surface area (Å²) in [6, 6.07) is 1.92. The number of hydrogen-bond acceptors (Lipinski definition) is 7. The van der Waals surface area contributed by atoms with Crippen molar-refractivity contribution in [2.75, 3.05) is 18.0 Å². The number of piperidine rings is 1. The number of rotatable bonds is 6. The number of aromatic nitrogens is 7. The van der Waals surface area contributed by atoms with Gasteiger partial charge in [-0.15, -0.1) is 10.2 Å². The van der Waals surface area contributed by atoms with Crippen molar-refractivity contribution in [2.45, 2.75) is 52.1 Å². The maximum absolute atomic E-state index is 5.23. The Kier molecular flexibility index (Phi) is 4.68. The number of aryl methyl sites for hydroxylation is 1. The van der Waals surface area contributed by atoms with Crippen molar-refractivity contribution in [1.29, 1.82) is 0 Å². The molecule has 1 aliphatic heterocycles. The van der Waals surface area contributed by atoms with Gasteiger partial charge in [0.1, 0.15) is 12.4 Å². The van der Waals surface area contributed by atoms with E-state index in [1.165, 1.54) is 0 Å². The zero-order valence-corrected chi connectivity index (χ0v) is 15.2. The normalized spacial score (nSPS) is 15.7. The molecular formula is C17H24N8O. The fraction of sp³-hybridized carbons (Fsp3) is 0.588. The summed E-state index contributed by atoms with van der Waals surface area (Å²) in [6.07, 6.45) is 6.52. The van der Waals surface area contributed by atoms with Crippen LogP contribution < -0.4 is 4.90 Å². The van der Waals surface area contributed by atoms with Gasteiger partial charge in [-0.3, -0.25) is 4.68 Å². The van der Waals surface area contributed by atoms with E-state index in [2.05, 4.69) is 41.8 Å². The molecule has 4 rings (SSSR count). The average Bonchev–Trinajstić information content (AvgIpc) is 3.43. The van der Waals surface area contributed by atoms with Gasteiger partial charge in [0.2, 0.25) is 5.89 Å². The standard InChI is InChI=1S/C17H24N8O/c1-3-15-19-17(22-26-15)23-10-6-13(7-11-23)16-21-20-14(25(16)4-2)12-24-9-5-8-18-24/h5,8-9,13H,3-4,6-7,10-12H2,1-2H3. The molecule has 0 spiro atoms. The van der Waals surface area contributed by atoms with E-state index in [4.69, 9.17) is 4.52 Å². The Bertz CT molecular complexity index is 829. The van der Waals surface area contributed by atoms with Crippen LogP contribution in [0.3, 0.4) is 0 Å². The topological polar surface area (TPSA) is 90.7 Å². The second kappa shape index (κ2) is 7.27. The summed E-state index contributed by atoms with van der Waals surface area (Å²) in [5.41, 5.74) is 0. The zero-order chi connectivity index (χ0) is 17.9. The zero-order valence-electron chi connectivity index (χ0n) is 15.2. The van der Waals surface area contributed by atoms with Gasteiger partial charge in [-0.25, -0.2) is 0 Å². The summed E-state index contributed by atoms with van der Waals surface area (Å²) in [7, 11) is 0. The van der Waals surface area contributed by atoms with E-state index in [1.54, 1.807) is 6.20 Å². The van der Waals surface area contributed by atoms with Gasteiger partial charge in [-0.2, -0.15) is 10.1 Å². The summed E-state index contributed by atoms with van der Waals surface area (Å²) in [5, 5.41) is 17.3. The predicted molar refractivity (Wildman–Crippen MR) is 94.9 cm³/mol. The van der Waals surface area contributed by atoms with E-state index in [9.17, 15) is 0 Å². The SMILES string of the molecule is CCc1nc(N2CCC(c3nnc(Cn4cccn4)n3CC)CC2)no1. The molecule has 0 bridgehead atoms. The maximum atomic E-state index is 5.23. The van der Waals surface area contributed by atoms with E-state index in [0.29, 0.717) is 24.3 Å². The molecule has 0 amide bonds. The number of hydrogen-bond donors (Lipinski definition) is 0. The van der Waals surface area contributed by atoms with Crippen molar-refractivity contribution in [2.24, 2.45) is 0 Å². The molecule has 9 nitrogen and oxygen atoms in total. The fourth-order valence-electron chi connectivity index (χ4n) is 3.51. The molecule has 0 atom stereocenters. The highest BCUT2D eigenvalue weighted by Gasteiger charge is 2.27. The van der Waals surface area contributed by atoms with Crippen LogP contribution >= 0.6 is 0 Å². The highest BCUT2D eigenvalue weighted by Crippen LogP contribution is 2.29. The highest BCUT2D eigenvalue weighted by molar-refractivity contribution is 5.29. The Morgan fingerprint density at radius 1 is 1.19 bits per heavy atom. The Labute approximate surface area is 152 Å². The first-order valence-corrected chi connectivity index (χ1v) is 9.25. The average molecular weight is 356 g/mol. The fourth-order valence-corrected chi connectivity index (χ4v) is 3.51. The van der Waals surface area contributed by atoms with Crippen molar-refractivity contribution in [3.05, 3.63) is 36.0 Å². The van der Waals surface area contributed by atoms with Gasteiger partial charge in [0, 0.05) is 44.4 Å². The summed E-state index contributed by atoms with van der Waals surface area (Å²) in [6.45, 7) is 7.47. The van der Waals surface area contributed by atoms with Crippen LogP contribution in [0, 0.1) is 0 Å². The third-order valence-corrected chi connectivity index (χ3v) is 4.94. The third kappa shape index (κ3) is 3.21. The van der Waals surface area contributed by atoms with Crippen LogP contribution in [-0.4, -0.2) is 47.8 Å². The lowest BCUT2D eigenvalue weighted by molar-refractivity contribution is 0.378. The first kappa shape index (κ1) is 16.7. The lowest BCUT2D eigenvalue weighted by Gasteiger charge is -2.30. The Morgan fingerprint density at radius 3 is 2.69 bits per heavy atom. The smallest absolute Gasteiger partial charge is 0.266 e. The summed E-state index contributed by atoms with van der Waals surface area (Å²) >= 11 is 0. The summed E-state index contributed by atoms with van der Waals surface area (Å²) in [4.78, 5) is 6.63. The molecule has 9 heteroatoms. The van der Waals surface area contributed by atoms with Crippen LogP contribution in [-0.2, 0) is 19.5 Å². The first-order valence-electron chi connectivity index (χ1n) is 9.25. The lowest BCUT2D eigenvalue weighted by Crippen LogP contribution is -2.34. The Morgan fingerprint density at radius 2 is 2.04 bits per heavy atom. The molecule has 0 saturated carbocycles. The molecular weight excluding hydrogens is 332 g/mol. The minimum Gasteiger partial charge on any atom is -0.338 e. The molecule has 138 valence electrons. The second-order valence-corrected chi connectivity index (χ2v) is 6.53. The molecule has 0 unspecified atom stereocenters. The van der Waals surface area contributed by atoms with E-state index < -0.39 is 0 Å². The van der Waals surface area contributed by atoms with Crippen molar-refractivity contribution in [3.63, 3.8) is 0 Å². The molecule has 3 aromatic heterocycles. The Balaban J connectivity index is 1.44. The van der Waals surface area contributed by atoms with E-state index in [-0.39, 0.29) is 0 Å². The van der Waals surface area contributed by atoms with Gasteiger partial charge in [0.15, 0.2) is 5.82 Å². The summed E-state index contributed by atoms with van der Waals surface area (Å²) in [5.74, 6) is 3.84. The van der Waals surface area contributed by atoms with Gasteiger partial charge >= 0.3 is 0 Å². The largest absolute Gasteiger partial charge is 0.338 e. The van der Waals surface area contributed by atoms with Crippen LogP contribution in [0.5, 0.6) is 0 Å². The van der Waals surface area contributed by atoms with Gasteiger partial charge in [-0.05, 0) is 31.0 Å². The van der Waals surface area contributed by atoms with Gasteiger partial charge < -0.3 is 14.0 Å². The van der Waals surface area contributed by atoms with Crippen molar-refractivity contribution in [1.82, 2.24) is 34.7 Å². The van der Waals surface area contributed by atoms with Crippen molar-refractivity contribution < 1.29 is 4.52 Å². The first-order chi connectivity index (χ1) is 12.8. The second-order valence-electron chi connectivity index (χ2n) is 6.53. The van der Waals surface area contributed by atoms with Crippen LogP contribution in [0.15, 0.2) is 23.0 Å². The molecule has 4 heterocycles. The van der Waals surface area contributed by atoms with Gasteiger partial charge in [0.25, 0.3) is 5.95 Å². The quantitative estimate of drug-likeness (QED) is 0.666. The molecule has 0 aromatic carbocycles. The Hall–Kier alpha value is -2.71. The molecule has 0 radical (unpaired) electrons. The van der Waals surface area contributed by atoms with Crippen molar-refractivity contribution in [3.8, 4) is 0 Å². The predicted octanol–water partition coefficient (Wildman–Crippen LogP) is 1.87. The summed E-state index contributed by atoms with van der Waals surface area (Å²) < 4.78 is 9.34.